The van der Waals surface area contributed by atoms with Crippen LogP contribution >= 0.6 is 0 Å². The number of fused-ring (bicyclic) bond motifs is 1. The summed E-state index contributed by atoms with van der Waals surface area (Å²) < 4.78 is 0. The van der Waals surface area contributed by atoms with Gasteiger partial charge < -0.3 is 19.6 Å². The van der Waals surface area contributed by atoms with Crippen LogP contribution in [0.25, 0.3) is 0 Å². The second kappa shape index (κ2) is 6.87. The first-order chi connectivity index (χ1) is 12.5. The number of hydrogen-bond acceptors (Lipinski definition) is 5. The van der Waals surface area contributed by atoms with Crippen LogP contribution in [-0.2, 0) is 4.79 Å². The summed E-state index contributed by atoms with van der Waals surface area (Å²) in [6.45, 7) is 5.74. The summed E-state index contributed by atoms with van der Waals surface area (Å²) in [6.07, 6.45) is 2.76. The van der Waals surface area contributed by atoms with Crippen LogP contribution in [0.15, 0.2) is 18.3 Å². The highest BCUT2D eigenvalue weighted by Crippen LogP contribution is 2.33. The molecule has 2 unspecified atom stereocenters. The summed E-state index contributed by atoms with van der Waals surface area (Å²) in [5, 5.41) is 0. The van der Waals surface area contributed by atoms with Gasteiger partial charge in [-0.25, -0.2) is 4.98 Å². The lowest BCUT2D eigenvalue weighted by atomic mass is 9.88. The highest BCUT2D eigenvalue weighted by atomic mass is 16.2. The van der Waals surface area contributed by atoms with Crippen molar-refractivity contribution >= 4 is 17.6 Å². The van der Waals surface area contributed by atoms with Gasteiger partial charge in [0.2, 0.25) is 5.91 Å². The Kier molecular flexibility index (Phi) is 4.56. The Bertz CT molecular complexity index is 701. The van der Waals surface area contributed by atoms with Crippen molar-refractivity contribution in [2.45, 2.75) is 6.42 Å². The van der Waals surface area contributed by atoms with Crippen LogP contribution in [0.5, 0.6) is 0 Å². The minimum atomic E-state index is 0.0625. The molecule has 7 heteroatoms. The molecule has 4 rings (SSSR count). The number of pyridine rings is 1. The van der Waals surface area contributed by atoms with Crippen LogP contribution in [0.2, 0.25) is 0 Å². The SMILES string of the molecule is CN1CCN(C(=O)c2ccnc(N3CC4CCN(C)C(=O)C4C3)c2)CC1. The maximum atomic E-state index is 12.8. The zero-order valence-electron chi connectivity index (χ0n) is 15.6. The van der Waals surface area contributed by atoms with E-state index in [-0.39, 0.29) is 17.7 Å². The molecule has 3 saturated heterocycles. The van der Waals surface area contributed by atoms with E-state index in [1.807, 2.05) is 22.9 Å². The van der Waals surface area contributed by atoms with Crippen molar-refractivity contribution < 1.29 is 9.59 Å². The molecule has 3 fully saturated rings. The summed E-state index contributed by atoms with van der Waals surface area (Å²) >= 11 is 0. The molecule has 0 aliphatic carbocycles. The van der Waals surface area contributed by atoms with Gasteiger partial charge in [-0.1, -0.05) is 0 Å². The minimum absolute atomic E-state index is 0.0625. The molecule has 1 aromatic heterocycles. The number of nitrogens with zero attached hydrogens (tertiary/aromatic N) is 5. The maximum absolute atomic E-state index is 12.8. The van der Waals surface area contributed by atoms with Crippen LogP contribution < -0.4 is 4.90 Å². The lowest BCUT2D eigenvalue weighted by Gasteiger charge is -2.32. The molecule has 7 nitrogen and oxygen atoms in total. The number of aromatic nitrogens is 1. The molecule has 1 aromatic rings. The van der Waals surface area contributed by atoms with E-state index in [1.54, 1.807) is 12.3 Å². The van der Waals surface area contributed by atoms with Gasteiger partial charge in [-0.05, 0) is 31.5 Å². The molecular weight excluding hydrogens is 330 g/mol. The molecule has 3 aliphatic rings. The van der Waals surface area contributed by atoms with Crippen LogP contribution in [-0.4, -0.2) is 91.4 Å². The third kappa shape index (κ3) is 3.16. The molecule has 0 bridgehead atoms. The second-order valence-electron chi connectivity index (χ2n) is 7.82. The number of rotatable bonds is 2. The van der Waals surface area contributed by atoms with Crippen molar-refractivity contribution in [3.8, 4) is 0 Å². The van der Waals surface area contributed by atoms with E-state index in [4.69, 9.17) is 0 Å². The molecule has 3 aliphatic heterocycles. The van der Waals surface area contributed by atoms with E-state index in [2.05, 4.69) is 21.8 Å². The van der Waals surface area contributed by atoms with E-state index < -0.39 is 0 Å². The van der Waals surface area contributed by atoms with Gasteiger partial charge in [0.15, 0.2) is 0 Å². The molecular formula is C19H27N5O2. The molecule has 0 N–H and O–H groups in total. The summed E-state index contributed by atoms with van der Waals surface area (Å²) in [6, 6.07) is 3.69. The van der Waals surface area contributed by atoms with Gasteiger partial charge in [-0.2, -0.15) is 0 Å². The number of likely N-dealkylation sites (N-methyl/N-ethyl adjacent to an activating group) is 1. The van der Waals surface area contributed by atoms with Crippen molar-refractivity contribution in [3.05, 3.63) is 23.9 Å². The summed E-state index contributed by atoms with van der Waals surface area (Å²) in [4.78, 5) is 37.9. The van der Waals surface area contributed by atoms with Crippen molar-refractivity contribution in [2.75, 3.05) is 64.8 Å². The first kappa shape index (κ1) is 17.3. The number of piperidine rings is 1. The molecule has 0 radical (unpaired) electrons. The maximum Gasteiger partial charge on any atom is 0.254 e. The fourth-order valence-electron chi connectivity index (χ4n) is 4.30. The average Bonchev–Trinajstić information content (AvgIpc) is 3.10. The van der Waals surface area contributed by atoms with Crippen molar-refractivity contribution in [2.24, 2.45) is 11.8 Å². The standard InChI is InChI=1S/C19H27N5O2/c1-21-7-9-23(10-8-21)18(25)14-3-5-20-17(11-14)24-12-15-4-6-22(2)19(26)16(15)13-24/h3,5,11,15-16H,4,6-10,12-13H2,1-2H3. The molecule has 4 heterocycles. The van der Waals surface area contributed by atoms with Gasteiger partial charge in [-0.3, -0.25) is 9.59 Å². The van der Waals surface area contributed by atoms with E-state index >= 15 is 0 Å². The first-order valence-corrected chi connectivity index (χ1v) is 9.47. The van der Waals surface area contributed by atoms with E-state index in [9.17, 15) is 9.59 Å². The predicted molar refractivity (Wildman–Crippen MR) is 99.1 cm³/mol. The zero-order chi connectivity index (χ0) is 18.3. The molecule has 2 atom stereocenters. The summed E-state index contributed by atoms with van der Waals surface area (Å²) in [7, 11) is 3.96. The second-order valence-corrected chi connectivity index (χ2v) is 7.82. The highest BCUT2D eigenvalue weighted by Gasteiger charge is 2.42. The summed E-state index contributed by atoms with van der Waals surface area (Å²) in [5.41, 5.74) is 0.692. The van der Waals surface area contributed by atoms with E-state index in [0.717, 1.165) is 51.5 Å². The molecule has 0 saturated carbocycles. The fraction of sp³-hybridized carbons (Fsp3) is 0.632. The Balaban J connectivity index is 1.48. The smallest absolute Gasteiger partial charge is 0.254 e. The minimum Gasteiger partial charge on any atom is -0.355 e. The third-order valence-electron chi connectivity index (χ3n) is 6.08. The Morgan fingerprint density at radius 1 is 1.12 bits per heavy atom. The van der Waals surface area contributed by atoms with E-state index in [1.165, 1.54) is 0 Å². The first-order valence-electron chi connectivity index (χ1n) is 9.47. The average molecular weight is 357 g/mol. The number of piperazine rings is 1. The topological polar surface area (TPSA) is 60.0 Å². The van der Waals surface area contributed by atoms with Crippen LogP contribution in [0.1, 0.15) is 16.8 Å². The van der Waals surface area contributed by atoms with Gasteiger partial charge in [-0.15, -0.1) is 0 Å². The number of anilines is 1. The van der Waals surface area contributed by atoms with Crippen LogP contribution in [0.4, 0.5) is 5.82 Å². The Morgan fingerprint density at radius 2 is 1.88 bits per heavy atom. The third-order valence-corrected chi connectivity index (χ3v) is 6.08. The van der Waals surface area contributed by atoms with Crippen molar-refractivity contribution in [1.82, 2.24) is 19.7 Å². The Labute approximate surface area is 154 Å². The normalized spacial score (nSPS) is 27.0. The number of likely N-dealkylation sites (tertiary alicyclic amines) is 1. The molecule has 26 heavy (non-hydrogen) atoms. The predicted octanol–water partition coefficient (Wildman–Crippen LogP) is 0.384. The Morgan fingerprint density at radius 3 is 2.65 bits per heavy atom. The lowest BCUT2D eigenvalue weighted by molar-refractivity contribution is -0.137. The monoisotopic (exact) mass is 357 g/mol. The van der Waals surface area contributed by atoms with Gasteiger partial charge in [0.05, 0.1) is 5.92 Å². The van der Waals surface area contributed by atoms with Gasteiger partial charge in [0.25, 0.3) is 5.91 Å². The largest absolute Gasteiger partial charge is 0.355 e. The van der Waals surface area contributed by atoms with Gasteiger partial charge in [0, 0.05) is 64.6 Å². The molecule has 2 amide bonds. The summed E-state index contributed by atoms with van der Waals surface area (Å²) in [5.74, 6) is 1.60. The van der Waals surface area contributed by atoms with Gasteiger partial charge >= 0.3 is 0 Å². The molecule has 140 valence electrons. The quantitative estimate of drug-likeness (QED) is 0.766. The zero-order valence-corrected chi connectivity index (χ0v) is 15.6. The molecule has 0 spiro atoms. The molecule has 0 aromatic carbocycles. The fourth-order valence-corrected chi connectivity index (χ4v) is 4.30. The van der Waals surface area contributed by atoms with Gasteiger partial charge in [0.1, 0.15) is 5.82 Å². The van der Waals surface area contributed by atoms with Crippen LogP contribution in [0, 0.1) is 11.8 Å². The Hall–Kier alpha value is -2.15. The number of hydrogen-bond donors (Lipinski definition) is 0. The van der Waals surface area contributed by atoms with Crippen molar-refractivity contribution in [3.63, 3.8) is 0 Å². The number of amides is 2. The number of carbonyl (C=O) groups is 2. The highest BCUT2D eigenvalue weighted by molar-refractivity contribution is 5.95. The van der Waals surface area contributed by atoms with Crippen LogP contribution in [0.3, 0.4) is 0 Å². The lowest BCUT2D eigenvalue weighted by Crippen LogP contribution is -2.47. The van der Waals surface area contributed by atoms with E-state index in [0.29, 0.717) is 18.0 Å². The van der Waals surface area contributed by atoms with Crippen molar-refractivity contribution in [1.29, 1.82) is 0 Å². The number of carbonyl (C=O) groups excluding carboxylic acids is 2.